The first-order valence-electron chi connectivity index (χ1n) is 8.25. The van der Waals surface area contributed by atoms with Gasteiger partial charge in [0.15, 0.2) is 5.82 Å². The number of methoxy groups -OCH3 is 1. The van der Waals surface area contributed by atoms with Gasteiger partial charge in [-0.3, -0.25) is 0 Å². The number of aromatic nitrogens is 3. The van der Waals surface area contributed by atoms with E-state index in [9.17, 15) is 5.11 Å². The molecule has 4 aromatic rings. The summed E-state index contributed by atoms with van der Waals surface area (Å²) in [6, 6.07) is 18.8. The van der Waals surface area contributed by atoms with Crippen molar-refractivity contribution >= 4 is 29.2 Å². The Morgan fingerprint density at radius 2 is 1.89 bits per heavy atom. The molecular formula is C20H16N4O2S. The number of nitrogens with one attached hydrogen (secondary N) is 1. The van der Waals surface area contributed by atoms with Gasteiger partial charge in [-0.05, 0) is 41.2 Å². The lowest BCUT2D eigenvalue weighted by atomic mass is 10.0. The van der Waals surface area contributed by atoms with E-state index in [4.69, 9.17) is 17.0 Å². The Morgan fingerprint density at radius 1 is 1.11 bits per heavy atom. The maximum Gasteiger partial charge on any atom is 0.216 e. The van der Waals surface area contributed by atoms with Crippen LogP contribution in [0.5, 0.6) is 11.5 Å². The van der Waals surface area contributed by atoms with Crippen LogP contribution in [-0.4, -0.2) is 33.3 Å². The molecule has 1 aromatic heterocycles. The fourth-order valence-corrected chi connectivity index (χ4v) is 3.12. The molecule has 2 N–H and O–H groups in total. The zero-order valence-corrected chi connectivity index (χ0v) is 15.3. The van der Waals surface area contributed by atoms with Crippen LogP contribution in [0.1, 0.15) is 5.56 Å². The molecule has 0 saturated carbocycles. The van der Waals surface area contributed by atoms with Crippen molar-refractivity contribution in [1.82, 2.24) is 14.9 Å². The van der Waals surface area contributed by atoms with Gasteiger partial charge in [-0.2, -0.15) is 14.9 Å². The van der Waals surface area contributed by atoms with Crippen molar-refractivity contribution in [2.75, 3.05) is 7.11 Å². The van der Waals surface area contributed by atoms with Gasteiger partial charge in [0.1, 0.15) is 11.5 Å². The lowest BCUT2D eigenvalue weighted by Gasteiger charge is -2.07. The molecule has 1 heterocycles. The molecule has 0 atom stereocenters. The summed E-state index contributed by atoms with van der Waals surface area (Å²) < 4.78 is 7.26. The fourth-order valence-electron chi connectivity index (χ4n) is 2.94. The minimum Gasteiger partial charge on any atom is -0.507 e. The van der Waals surface area contributed by atoms with Gasteiger partial charge >= 0.3 is 0 Å². The number of fused-ring (bicyclic) bond motifs is 1. The molecule has 0 aliphatic carbocycles. The molecule has 27 heavy (non-hydrogen) atoms. The Kier molecular flexibility index (Phi) is 4.43. The molecule has 4 rings (SSSR count). The standard InChI is InChI=1S/C20H16N4O2S/c1-26-18-9-5-4-8-15(18)19-22-23-20(27)24(19)21-12-16-14-7-3-2-6-13(14)10-11-17(16)25/h2-12,25H,1H3,(H,23,27). The number of aromatic amines is 1. The number of nitrogens with zero attached hydrogens (tertiary/aromatic N) is 3. The van der Waals surface area contributed by atoms with E-state index in [0.29, 0.717) is 21.9 Å². The Bertz CT molecular complexity index is 1210. The lowest BCUT2D eigenvalue weighted by molar-refractivity contribution is 0.416. The Labute approximate surface area is 160 Å². The van der Waals surface area contributed by atoms with Gasteiger partial charge in [0.25, 0.3) is 0 Å². The first-order valence-corrected chi connectivity index (χ1v) is 8.66. The lowest BCUT2D eigenvalue weighted by Crippen LogP contribution is -1.97. The monoisotopic (exact) mass is 376 g/mol. The molecule has 0 bridgehead atoms. The number of H-pyrrole nitrogens is 1. The van der Waals surface area contributed by atoms with Crippen LogP contribution in [0, 0.1) is 4.77 Å². The second-order valence-electron chi connectivity index (χ2n) is 5.83. The van der Waals surface area contributed by atoms with Crippen molar-refractivity contribution in [2.45, 2.75) is 0 Å². The van der Waals surface area contributed by atoms with Crippen LogP contribution >= 0.6 is 12.2 Å². The minimum absolute atomic E-state index is 0.145. The summed E-state index contributed by atoms with van der Waals surface area (Å²) in [5, 5.41) is 23.7. The smallest absolute Gasteiger partial charge is 0.216 e. The van der Waals surface area contributed by atoms with Gasteiger partial charge in [-0.1, -0.05) is 42.5 Å². The summed E-state index contributed by atoms with van der Waals surface area (Å²) >= 11 is 5.32. The van der Waals surface area contributed by atoms with Crippen molar-refractivity contribution in [3.63, 3.8) is 0 Å². The number of phenolic OH excluding ortho intramolecular Hbond substituents is 1. The quantitative estimate of drug-likeness (QED) is 0.410. The number of aromatic hydroxyl groups is 1. The number of rotatable bonds is 4. The van der Waals surface area contributed by atoms with E-state index in [1.54, 1.807) is 19.4 Å². The molecule has 7 heteroatoms. The van der Waals surface area contributed by atoms with Gasteiger partial charge in [0.2, 0.25) is 4.77 Å². The van der Waals surface area contributed by atoms with Crippen LogP contribution in [0.2, 0.25) is 0 Å². The van der Waals surface area contributed by atoms with Gasteiger partial charge in [0.05, 0.1) is 18.9 Å². The highest BCUT2D eigenvalue weighted by Gasteiger charge is 2.13. The summed E-state index contributed by atoms with van der Waals surface area (Å²) in [7, 11) is 1.60. The van der Waals surface area contributed by atoms with E-state index in [-0.39, 0.29) is 5.75 Å². The summed E-state index contributed by atoms with van der Waals surface area (Å²) in [5.74, 6) is 1.33. The molecular weight excluding hydrogens is 360 g/mol. The zero-order chi connectivity index (χ0) is 18.8. The Hall–Kier alpha value is -3.45. The zero-order valence-electron chi connectivity index (χ0n) is 14.5. The highest BCUT2D eigenvalue weighted by Crippen LogP contribution is 2.29. The van der Waals surface area contributed by atoms with Crippen molar-refractivity contribution < 1.29 is 9.84 Å². The van der Waals surface area contributed by atoms with Crippen LogP contribution < -0.4 is 4.74 Å². The topological polar surface area (TPSA) is 75.4 Å². The molecule has 0 radical (unpaired) electrons. The van der Waals surface area contributed by atoms with Crippen molar-refractivity contribution in [1.29, 1.82) is 0 Å². The predicted molar refractivity (Wildman–Crippen MR) is 108 cm³/mol. The number of hydrogen-bond acceptors (Lipinski definition) is 5. The van der Waals surface area contributed by atoms with Crippen molar-refractivity contribution in [3.8, 4) is 22.9 Å². The van der Waals surface area contributed by atoms with Crippen LogP contribution in [0.25, 0.3) is 22.2 Å². The molecule has 6 nitrogen and oxygen atoms in total. The molecule has 0 saturated heterocycles. The van der Waals surface area contributed by atoms with Gasteiger partial charge in [0, 0.05) is 5.56 Å². The third kappa shape index (κ3) is 3.09. The highest BCUT2D eigenvalue weighted by molar-refractivity contribution is 7.71. The summed E-state index contributed by atoms with van der Waals surface area (Å²) in [6.45, 7) is 0. The average molecular weight is 376 g/mol. The number of para-hydroxylation sites is 1. The van der Waals surface area contributed by atoms with E-state index >= 15 is 0 Å². The maximum absolute atomic E-state index is 10.3. The second-order valence-corrected chi connectivity index (χ2v) is 6.22. The fraction of sp³-hybridized carbons (Fsp3) is 0.0500. The number of phenols is 1. The Morgan fingerprint density at radius 3 is 2.74 bits per heavy atom. The summed E-state index contributed by atoms with van der Waals surface area (Å²) in [4.78, 5) is 0. The minimum atomic E-state index is 0.145. The molecule has 0 aliphatic rings. The van der Waals surface area contributed by atoms with Crippen molar-refractivity contribution in [3.05, 3.63) is 71.0 Å². The first kappa shape index (κ1) is 17.0. The third-order valence-corrected chi connectivity index (χ3v) is 4.51. The van der Waals surface area contributed by atoms with Crippen molar-refractivity contribution in [2.24, 2.45) is 5.10 Å². The van der Waals surface area contributed by atoms with Crippen LogP contribution in [0.4, 0.5) is 0 Å². The van der Waals surface area contributed by atoms with E-state index in [1.165, 1.54) is 4.68 Å². The molecule has 0 amide bonds. The number of hydrogen-bond donors (Lipinski definition) is 2. The van der Waals surface area contributed by atoms with Crippen LogP contribution in [0.3, 0.4) is 0 Å². The van der Waals surface area contributed by atoms with E-state index in [1.807, 2.05) is 54.6 Å². The highest BCUT2D eigenvalue weighted by atomic mass is 32.1. The van der Waals surface area contributed by atoms with E-state index < -0.39 is 0 Å². The molecule has 0 fully saturated rings. The molecule has 134 valence electrons. The average Bonchev–Trinajstić information content (AvgIpc) is 3.07. The SMILES string of the molecule is COc1ccccc1-c1n[nH]c(=S)n1N=Cc1c(O)ccc2ccccc12. The molecule has 3 aromatic carbocycles. The largest absolute Gasteiger partial charge is 0.507 e. The Balaban J connectivity index is 1.85. The molecule has 0 aliphatic heterocycles. The first-order chi connectivity index (χ1) is 13.2. The van der Waals surface area contributed by atoms with Gasteiger partial charge in [-0.15, -0.1) is 0 Å². The second kappa shape index (κ2) is 7.05. The van der Waals surface area contributed by atoms with Crippen LogP contribution in [-0.2, 0) is 0 Å². The summed E-state index contributed by atoms with van der Waals surface area (Å²) in [6.07, 6.45) is 1.59. The van der Waals surface area contributed by atoms with E-state index in [2.05, 4.69) is 15.3 Å². The molecule has 0 unspecified atom stereocenters. The predicted octanol–water partition coefficient (Wildman–Crippen LogP) is 4.36. The normalized spacial score (nSPS) is 11.3. The number of ether oxygens (including phenoxy) is 1. The van der Waals surface area contributed by atoms with Crippen LogP contribution in [0.15, 0.2) is 65.8 Å². The third-order valence-electron chi connectivity index (χ3n) is 4.25. The van der Waals surface area contributed by atoms with Gasteiger partial charge in [-0.25, -0.2) is 5.10 Å². The maximum atomic E-state index is 10.3. The van der Waals surface area contributed by atoms with Gasteiger partial charge < -0.3 is 9.84 Å². The summed E-state index contributed by atoms with van der Waals surface area (Å²) in [5.41, 5.74) is 1.37. The van der Waals surface area contributed by atoms with E-state index in [0.717, 1.165) is 16.3 Å². The molecule has 0 spiro atoms. The number of benzene rings is 3.